The third-order valence-electron chi connectivity index (χ3n) is 4.79. The van der Waals surface area contributed by atoms with Gasteiger partial charge in [-0.05, 0) is 29.8 Å². The van der Waals surface area contributed by atoms with E-state index in [-0.39, 0.29) is 12.3 Å². The van der Waals surface area contributed by atoms with Crippen molar-refractivity contribution in [3.05, 3.63) is 100 Å². The van der Waals surface area contributed by atoms with Gasteiger partial charge in [0.2, 0.25) is 5.62 Å². The number of carbonyl (C=O) groups excluding carboxylic acids is 1. The number of imidazole rings is 1. The molecule has 0 bridgehead atoms. The largest absolute Gasteiger partial charge is 0.313 e. The fourth-order valence-electron chi connectivity index (χ4n) is 3.34. The first-order chi connectivity index (χ1) is 13.6. The summed E-state index contributed by atoms with van der Waals surface area (Å²) >= 11 is 3.42. The highest BCUT2D eigenvalue weighted by Crippen LogP contribution is 2.15. The molecule has 28 heavy (non-hydrogen) atoms. The van der Waals surface area contributed by atoms with Crippen molar-refractivity contribution < 1.29 is 4.79 Å². The fraction of sp³-hybridized carbons (Fsp3) is 0.130. The Morgan fingerprint density at radius 2 is 1.54 bits per heavy atom. The van der Waals surface area contributed by atoms with Crippen LogP contribution in [0.3, 0.4) is 0 Å². The van der Waals surface area contributed by atoms with Crippen molar-refractivity contribution in [3.8, 4) is 0 Å². The van der Waals surface area contributed by atoms with Crippen LogP contribution in [0.2, 0.25) is 0 Å². The Hall–Kier alpha value is -2.92. The van der Waals surface area contributed by atoms with Crippen LogP contribution >= 0.6 is 15.9 Å². The minimum Gasteiger partial charge on any atom is -0.313 e. The highest BCUT2D eigenvalue weighted by Gasteiger charge is 2.13. The van der Waals surface area contributed by atoms with Crippen molar-refractivity contribution in [2.75, 3.05) is 0 Å². The smallest absolute Gasteiger partial charge is 0.206 e. The average molecular weight is 434 g/mol. The Balaban J connectivity index is 1.77. The molecule has 4 rings (SSSR count). The number of rotatable bonds is 5. The van der Waals surface area contributed by atoms with Crippen molar-refractivity contribution in [2.24, 2.45) is 12.0 Å². The maximum absolute atomic E-state index is 12.9. The van der Waals surface area contributed by atoms with Crippen LogP contribution in [-0.4, -0.2) is 14.9 Å². The third-order valence-corrected chi connectivity index (χ3v) is 5.32. The number of Topliss-reactive ketones (excluding diaryl/α,β-unsaturated/α-hetero) is 1. The molecule has 0 N–H and O–H groups in total. The monoisotopic (exact) mass is 433 g/mol. The Morgan fingerprint density at radius 3 is 2.25 bits per heavy atom. The maximum Gasteiger partial charge on any atom is 0.206 e. The number of fused-ring (bicyclic) bond motifs is 1. The molecule has 0 fully saturated rings. The lowest BCUT2D eigenvalue weighted by Gasteiger charge is -2.06. The molecule has 0 amide bonds. The van der Waals surface area contributed by atoms with Crippen LogP contribution < -0.4 is 5.62 Å². The van der Waals surface area contributed by atoms with Crippen LogP contribution in [0.15, 0.2) is 88.3 Å². The number of hydrogen-bond acceptors (Lipinski definition) is 2. The van der Waals surface area contributed by atoms with E-state index in [9.17, 15) is 4.79 Å². The van der Waals surface area contributed by atoms with E-state index in [0.717, 1.165) is 26.7 Å². The number of ketones is 1. The lowest BCUT2D eigenvalue weighted by atomic mass is 10.1. The first kappa shape index (κ1) is 18.4. The molecule has 0 atom stereocenters. The zero-order chi connectivity index (χ0) is 19.5. The van der Waals surface area contributed by atoms with Crippen LogP contribution in [0.25, 0.3) is 11.0 Å². The van der Waals surface area contributed by atoms with Gasteiger partial charge in [-0.25, -0.2) is 4.99 Å². The lowest BCUT2D eigenvalue weighted by Crippen LogP contribution is -2.27. The van der Waals surface area contributed by atoms with Gasteiger partial charge in [-0.1, -0.05) is 70.5 Å². The van der Waals surface area contributed by atoms with Gasteiger partial charge < -0.3 is 9.13 Å². The molecule has 140 valence electrons. The standard InChI is InChI=1S/C23H20BrN3O/c1-26-20-9-5-6-10-21(20)27(16-22(28)18-11-13-19(24)14-12-18)23(26)25-15-17-7-3-2-4-8-17/h2-14H,15-16H2,1H3. The predicted octanol–water partition coefficient (Wildman–Crippen LogP) is 4.73. The van der Waals surface area contributed by atoms with Gasteiger partial charge in [0.05, 0.1) is 24.1 Å². The van der Waals surface area contributed by atoms with Gasteiger partial charge >= 0.3 is 0 Å². The minimum absolute atomic E-state index is 0.0602. The second-order valence-corrected chi connectivity index (χ2v) is 7.58. The summed E-state index contributed by atoms with van der Waals surface area (Å²) in [7, 11) is 1.99. The van der Waals surface area contributed by atoms with E-state index in [0.29, 0.717) is 12.1 Å². The van der Waals surface area contributed by atoms with Gasteiger partial charge in [-0.2, -0.15) is 0 Å². The summed E-state index contributed by atoms with van der Waals surface area (Å²) in [5.41, 5.74) is 4.67. The van der Waals surface area contributed by atoms with E-state index in [1.807, 2.05) is 76.8 Å². The van der Waals surface area contributed by atoms with Crippen LogP contribution in [0.4, 0.5) is 0 Å². The van der Waals surface area contributed by atoms with E-state index < -0.39 is 0 Å². The number of halogens is 1. The zero-order valence-electron chi connectivity index (χ0n) is 15.5. The molecule has 1 heterocycles. The molecule has 0 saturated carbocycles. The molecule has 0 aliphatic heterocycles. The summed E-state index contributed by atoms with van der Waals surface area (Å²) in [5, 5.41) is 0. The normalized spacial score (nSPS) is 11.9. The molecule has 5 heteroatoms. The summed E-state index contributed by atoms with van der Waals surface area (Å²) < 4.78 is 5.01. The molecule has 3 aromatic carbocycles. The van der Waals surface area contributed by atoms with E-state index in [1.165, 1.54) is 0 Å². The van der Waals surface area contributed by atoms with Gasteiger partial charge in [0.15, 0.2) is 5.78 Å². The fourth-order valence-corrected chi connectivity index (χ4v) is 3.60. The molecule has 0 radical (unpaired) electrons. The highest BCUT2D eigenvalue weighted by atomic mass is 79.9. The summed E-state index contributed by atoms with van der Waals surface area (Å²) in [5.74, 6) is 0.0602. The van der Waals surface area contributed by atoms with Gasteiger partial charge in [0, 0.05) is 17.1 Å². The molecule has 0 aliphatic rings. The maximum atomic E-state index is 12.9. The second kappa shape index (κ2) is 7.98. The summed E-state index contributed by atoms with van der Waals surface area (Å²) in [4.78, 5) is 17.8. The first-order valence-electron chi connectivity index (χ1n) is 9.11. The number of carbonyl (C=O) groups is 1. The number of hydrogen-bond donors (Lipinski definition) is 0. The van der Waals surface area contributed by atoms with Gasteiger partial charge in [0.1, 0.15) is 0 Å². The molecular weight excluding hydrogens is 414 g/mol. The van der Waals surface area contributed by atoms with Crippen molar-refractivity contribution >= 4 is 32.7 Å². The van der Waals surface area contributed by atoms with Crippen molar-refractivity contribution in [1.82, 2.24) is 9.13 Å². The average Bonchev–Trinajstić information content (AvgIpc) is 2.99. The highest BCUT2D eigenvalue weighted by molar-refractivity contribution is 9.10. The molecule has 0 aliphatic carbocycles. The quantitative estimate of drug-likeness (QED) is 0.419. The van der Waals surface area contributed by atoms with Crippen molar-refractivity contribution in [2.45, 2.75) is 13.1 Å². The van der Waals surface area contributed by atoms with Gasteiger partial charge in [0.25, 0.3) is 0 Å². The van der Waals surface area contributed by atoms with Gasteiger partial charge in [-0.3, -0.25) is 4.79 Å². The number of benzene rings is 3. The molecule has 0 spiro atoms. The number of aromatic nitrogens is 2. The molecule has 0 saturated heterocycles. The van der Waals surface area contributed by atoms with Crippen LogP contribution in [0.5, 0.6) is 0 Å². The lowest BCUT2D eigenvalue weighted by molar-refractivity contribution is 0.0971. The minimum atomic E-state index is 0.0602. The van der Waals surface area contributed by atoms with Crippen LogP contribution in [0.1, 0.15) is 15.9 Å². The van der Waals surface area contributed by atoms with Crippen LogP contribution in [-0.2, 0) is 20.1 Å². The topological polar surface area (TPSA) is 39.3 Å². The molecule has 0 unspecified atom stereocenters. The second-order valence-electron chi connectivity index (χ2n) is 6.67. The Kier molecular flexibility index (Phi) is 5.26. The molecule has 1 aromatic heterocycles. The van der Waals surface area contributed by atoms with Gasteiger partial charge in [-0.15, -0.1) is 0 Å². The molecule has 4 aromatic rings. The molecule has 4 nitrogen and oxygen atoms in total. The Labute approximate surface area is 171 Å². The number of aryl methyl sites for hydroxylation is 1. The number of para-hydroxylation sites is 2. The Morgan fingerprint density at radius 1 is 0.893 bits per heavy atom. The van der Waals surface area contributed by atoms with E-state index in [4.69, 9.17) is 4.99 Å². The summed E-state index contributed by atoms with van der Waals surface area (Å²) in [6, 6.07) is 25.7. The van der Waals surface area contributed by atoms with Crippen molar-refractivity contribution in [1.29, 1.82) is 0 Å². The van der Waals surface area contributed by atoms with E-state index >= 15 is 0 Å². The van der Waals surface area contributed by atoms with Crippen LogP contribution in [0, 0.1) is 0 Å². The van der Waals surface area contributed by atoms with E-state index in [2.05, 4.69) is 34.1 Å². The summed E-state index contributed by atoms with van der Waals surface area (Å²) in [6.45, 7) is 0.814. The molecular formula is C23H20BrN3O. The van der Waals surface area contributed by atoms with E-state index in [1.54, 1.807) is 0 Å². The summed E-state index contributed by atoms with van der Waals surface area (Å²) in [6.07, 6.45) is 0. The SMILES string of the molecule is Cn1c(=NCc2ccccc2)n(CC(=O)c2ccc(Br)cc2)c2ccccc21. The predicted molar refractivity (Wildman–Crippen MR) is 115 cm³/mol. The zero-order valence-corrected chi connectivity index (χ0v) is 17.1. The number of nitrogens with zero attached hydrogens (tertiary/aromatic N) is 3. The van der Waals surface area contributed by atoms with Crippen molar-refractivity contribution in [3.63, 3.8) is 0 Å². The third kappa shape index (κ3) is 3.71. The Bertz CT molecular complexity index is 1190. The first-order valence-corrected chi connectivity index (χ1v) is 9.90.